The van der Waals surface area contributed by atoms with Crippen molar-refractivity contribution in [1.82, 2.24) is 10.2 Å². The average Bonchev–Trinajstić information content (AvgIpc) is 3.18. The van der Waals surface area contributed by atoms with Gasteiger partial charge in [0.15, 0.2) is 0 Å². The minimum atomic E-state index is -0.140. The predicted octanol–water partition coefficient (Wildman–Crippen LogP) is 4.62. The molecule has 1 N–H and O–H groups in total. The number of nitrogens with zero attached hydrogens (tertiary/aromatic N) is 1. The summed E-state index contributed by atoms with van der Waals surface area (Å²) in [7, 11) is 3.32. The van der Waals surface area contributed by atoms with Gasteiger partial charge in [-0.3, -0.25) is 0 Å². The second-order valence-corrected chi connectivity index (χ2v) is 7.04. The fourth-order valence-corrected chi connectivity index (χ4v) is 3.74. The van der Waals surface area contributed by atoms with Crippen LogP contribution in [0.5, 0.6) is 11.5 Å². The smallest absolute Gasteiger partial charge is 0.318 e. The van der Waals surface area contributed by atoms with E-state index in [1.165, 1.54) is 0 Å². The number of aryl methyl sites for hydroxylation is 1. The van der Waals surface area contributed by atoms with Gasteiger partial charge in [0.25, 0.3) is 0 Å². The number of rotatable bonds is 5. The van der Waals surface area contributed by atoms with Crippen LogP contribution in [-0.2, 0) is 0 Å². The van der Waals surface area contributed by atoms with Gasteiger partial charge in [0.05, 0.1) is 26.3 Å². The Labute approximate surface area is 161 Å². The van der Waals surface area contributed by atoms with Gasteiger partial charge in [-0.25, -0.2) is 4.79 Å². The molecule has 2 atom stereocenters. The van der Waals surface area contributed by atoms with Crippen molar-refractivity contribution in [2.45, 2.75) is 38.8 Å². The average molecular weight is 368 g/mol. The highest BCUT2D eigenvalue weighted by Crippen LogP contribution is 2.34. The van der Waals surface area contributed by atoms with Crippen molar-refractivity contribution in [3.8, 4) is 11.5 Å². The summed E-state index contributed by atoms with van der Waals surface area (Å²) < 4.78 is 10.8. The maximum Gasteiger partial charge on any atom is 0.318 e. The number of methoxy groups -OCH3 is 2. The lowest BCUT2D eigenvalue weighted by atomic mass is 10.0. The van der Waals surface area contributed by atoms with Crippen LogP contribution in [0.4, 0.5) is 4.79 Å². The van der Waals surface area contributed by atoms with Crippen molar-refractivity contribution < 1.29 is 14.3 Å². The predicted molar refractivity (Wildman–Crippen MR) is 106 cm³/mol. The van der Waals surface area contributed by atoms with Crippen LogP contribution in [0.25, 0.3) is 0 Å². The van der Waals surface area contributed by atoms with E-state index in [0.717, 1.165) is 47.6 Å². The van der Waals surface area contributed by atoms with Gasteiger partial charge in [-0.1, -0.05) is 29.8 Å². The van der Waals surface area contributed by atoms with Crippen LogP contribution in [0.15, 0.2) is 42.5 Å². The molecule has 2 unspecified atom stereocenters. The molecule has 2 aromatic carbocycles. The Kier molecular flexibility index (Phi) is 5.89. The van der Waals surface area contributed by atoms with Gasteiger partial charge in [-0.15, -0.1) is 0 Å². The first kappa shape index (κ1) is 19.1. The molecule has 0 saturated carbocycles. The van der Waals surface area contributed by atoms with Crippen LogP contribution in [0.3, 0.4) is 0 Å². The summed E-state index contributed by atoms with van der Waals surface area (Å²) in [5, 5.41) is 3.14. The first-order valence-corrected chi connectivity index (χ1v) is 9.39. The second-order valence-electron chi connectivity index (χ2n) is 7.04. The first-order chi connectivity index (χ1) is 13.0. The van der Waals surface area contributed by atoms with Gasteiger partial charge >= 0.3 is 6.03 Å². The van der Waals surface area contributed by atoms with Crippen LogP contribution < -0.4 is 14.8 Å². The van der Waals surface area contributed by atoms with E-state index >= 15 is 0 Å². The number of hydrogen-bond acceptors (Lipinski definition) is 3. The number of likely N-dealkylation sites (tertiary alicyclic amines) is 1. The second kappa shape index (κ2) is 8.33. The summed E-state index contributed by atoms with van der Waals surface area (Å²) in [4.78, 5) is 14.9. The van der Waals surface area contributed by atoms with Crippen LogP contribution in [-0.4, -0.2) is 31.7 Å². The first-order valence-electron chi connectivity index (χ1n) is 9.39. The van der Waals surface area contributed by atoms with E-state index in [0.29, 0.717) is 0 Å². The summed E-state index contributed by atoms with van der Waals surface area (Å²) in [6, 6.07) is 13.9. The van der Waals surface area contributed by atoms with E-state index < -0.39 is 0 Å². The van der Waals surface area contributed by atoms with Gasteiger partial charge in [0.2, 0.25) is 0 Å². The fourth-order valence-electron chi connectivity index (χ4n) is 3.74. The Morgan fingerprint density at radius 2 is 2.00 bits per heavy atom. The Morgan fingerprint density at radius 1 is 1.19 bits per heavy atom. The number of hydrogen-bond donors (Lipinski definition) is 1. The Bertz CT molecular complexity index is 806. The zero-order valence-electron chi connectivity index (χ0n) is 16.5. The van der Waals surface area contributed by atoms with Crippen LogP contribution in [0, 0.1) is 6.92 Å². The molecular weight excluding hydrogens is 340 g/mol. The van der Waals surface area contributed by atoms with Gasteiger partial charge in [0, 0.05) is 12.1 Å². The molecule has 5 nitrogen and oxygen atoms in total. The summed E-state index contributed by atoms with van der Waals surface area (Å²) in [5.74, 6) is 1.61. The van der Waals surface area contributed by atoms with E-state index in [4.69, 9.17) is 9.47 Å². The molecule has 1 fully saturated rings. The summed E-state index contributed by atoms with van der Waals surface area (Å²) in [5.41, 5.74) is 3.24. The molecule has 1 aliphatic heterocycles. The molecule has 3 rings (SSSR count). The maximum atomic E-state index is 13.0. The molecule has 0 aliphatic carbocycles. The summed E-state index contributed by atoms with van der Waals surface area (Å²) >= 11 is 0. The van der Waals surface area contributed by atoms with E-state index in [9.17, 15) is 4.79 Å². The molecule has 0 spiro atoms. The van der Waals surface area contributed by atoms with Crippen LogP contribution in [0.1, 0.15) is 48.5 Å². The van der Waals surface area contributed by atoms with Gasteiger partial charge in [-0.2, -0.15) is 0 Å². The van der Waals surface area contributed by atoms with Crippen LogP contribution in [0.2, 0.25) is 0 Å². The number of nitrogens with one attached hydrogen (secondary N) is 1. The van der Waals surface area contributed by atoms with E-state index in [1.54, 1.807) is 14.2 Å². The number of amides is 2. The monoisotopic (exact) mass is 368 g/mol. The fraction of sp³-hybridized carbons (Fsp3) is 0.409. The lowest BCUT2D eigenvalue weighted by Crippen LogP contribution is -2.40. The normalized spacial score (nSPS) is 17.5. The summed E-state index contributed by atoms with van der Waals surface area (Å²) in [6.45, 7) is 4.79. The van der Waals surface area contributed by atoms with Gasteiger partial charge in [0.1, 0.15) is 11.5 Å². The molecule has 2 amide bonds. The lowest BCUT2D eigenvalue weighted by molar-refractivity contribution is 0.189. The molecule has 5 heteroatoms. The summed E-state index contributed by atoms with van der Waals surface area (Å²) in [6.07, 6.45) is 1.96. The minimum absolute atomic E-state index is 0.0450. The van der Waals surface area contributed by atoms with Crippen molar-refractivity contribution in [2.75, 3.05) is 20.8 Å². The third kappa shape index (κ3) is 4.18. The van der Waals surface area contributed by atoms with Crippen molar-refractivity contribution >= 4 is 6.03 Å². The number of ether oxygens (including phenoxy) is 2. The molecule has 1 aliphatic rings. The molecule has 1 saturated heterocycles. The highest BCUT2D eigenvalue weighted by Gasteiger charge is 2.31. The molecular formula is C22H28N2O3. The quantitative estimate of drug-likeness (QED) is 0.838. The number of urea groups is 1. The Hall–Kier alpha value is -2.69. The topological polar surface area (TPSA) is 50.8 Å². The third-order valence-electron chi connectivity index (χ3n) is 5.18. The van der Waals surface area contributed by atoms with E-state index in [1.807, 2.05) is 49.1 Å². The van der Waals surface area contributed by atoms with Crippen LogP contribution >= 0.6 is 0 Å². The number of benzene rings is 2. The van der Waals surface area contributed by atoms with Crippen molar-refractivity contribution in [3.05, 3.63) is 59.2 Å². The lowest BCUT2D eigenvalue weighted by Gasteiger charge is -2.28. The molecule has 27 heavy (non-hydrogen) atoms. The SMILES string of the molecule is COc1cccc(C2CCCN2C(=O)NC(C)c2cc(C)ccc2OC)c1. The zero-order valence-corrected chi connectivity index (χ0v) is 16.5. The maximum absolute atomic E-state index is 13.0. The van der Waals surface area contributed by atoms with Crippen molar-refractivity contribution in [3.63, 3.8) is 0 Å². The Balaban J connectivity index is 1.76. The largest absolute Gasteiger partial charge is 0.497 e. The Morgan fingerprint density at radius 3 is 2.74 bits per heavy atom. The van der Waals surface area contributed by atoms with Gasteiger partial charge < -0.3 is 19.7 Å². The molecule has 0 aromatic heterocycles. The molecule has 0 radical (unpaired) electrons. The minimum Gasteiger partial charge on any atom is -0.497 e. The van der Waals surface area contributed by atoms with Crippen molar-refractivity contribution in [1.29, 1.82) is 0 Å². The molecule has 2 aromatic rings. The number of carbonyl (C=O) groups is 1. The standard InChI is InChI=1S/C22H28N2O3/c1-15-10-11-21(27-4)19(13-15)16(2)23-22(25)24-12-6-9-20(24)17-7-5-8-18(14-17)26-3/h5,7-8,10-11,13-14,16,20H,6,9,12H2,1-4H3,(H,23,25). The van der Waals surface area contributed by atoms with Crippen molar-refractivity contribution in [2.24, 2.45) is 0 Å². The molecule has 1 heterocycles. The molecule has 0 bridgehead atoms. The highest BCUT2D eigenvalue weighted by molar-refractivity contribution is 5.76. The van der Waals surface area contributed by atoms with Gasteiger partial charge in [-0.05, 0) is 50.5 Å². The zero-order chi connectivity index (χ0) is 19.4. The highest BCUT2D eigenvalue weighted by atomic mass is 16.5. The third-order valence-corrected chi connectivity index (χ3v) is 5.18. The number of carbonyl (C=O) groups excluding carboxylic acids is 1. The van der Waals surface area contributed by atoms with E-state index in [2.05, 4.69) is 17.4 Å². The molecule has 144 valence electrons. The van der Waals surface area contributed by atoms with E-state index in [-0.39, 0.29) is 18.1 Å².